The lowest BCUT2D eigenvalue weighted by Gasteiger charge is -2.22. The molecule has 1 atom stereocenters. The van der Waals surface area contributed by atoms with Crippen molar-refractivity contribution >= 4 is 28.7 Å². The minimum Gasteiger partial charge on any atom is -0.480 e. The molecule has 2 heterocycles. The topological polar surface area (TPSA) is 90.5 Å². The average molecular weight is 286 g/mol. The van der Waals surface area contributed by atoms with E-state index in [0.29, 0.717) is 0 Å². The van der Waals surface area contributed by atoms with Gasteiger partial charge in [0.25, 0.3) is 0 Å². The zero-order valence-corrected chi connectivity index (χ0v) is 11.2. The molecule has 0 bridgehead atoms. The third-order valence-corrected chi connectivity index (χ3v) is 3.78. The van der Waals surface area contributed by atoms with Crippen LogP contribution < -0.4 is 0 Å². The molecule has 6 heteroatoms. The first-order chi connectivity index (χ1) is 10.1. The molecule has 0 spiro atoms. The van der Waals surface area contributed by atoms with Crippen molar-refractivity contribution in [3.8, 4) is 0 Å². The van der Waals surface area contributed by atoms with Crippen LogP contribution in [-0.2, 0) is 20.8 Å². The number of H-pyrrole nitrogens is 1. The number of aromatic nitrogens is 1. The Kier molecular flexibility index (Phi) is 3.21. The summed E-state index contributed by atoms with van der Waals surface area (Å²) in [5.41, 5.74) is 1.68. The Morgan fingerprint density at radius 3 is 2.57 bits per heavy atom. The van der Waals surface area contributed by atoms with Crippen LogP contribution in [0.4, 0.5) is 0 Å². The molecule has 1 fully saturated rings. The Morgan fingerprint density at radius 2 is 1.90 bits per heavy atom. The van der Waals surface area contributed by atoms with Crippen molar-refractivity contribution in [2.75, 3.05) is 0 Å². The van der Waals surface area contributed by atoms with Crippen LogP contribution in [0.1, 0.15) is 18.4 Å². The molecule has 108 valence electrons. The van der Waals surface area contributed by atoms with E-state index in [-0.39, 0.29) is 19.3 Å². The zero-order chi connectivity index (χ0) is 15.0. The monoisotopic (exact) mass is 286 g/mol. The summed E-state index contributed by atoms with van der Waals surface area (Å²) in [6, 6.07) is 6.37. The molecule has 0 saturated carbocycles. The van der Waals surface area contributed by atoms with Gasteiger partial charge >= 0.3 is 5.97 Å². The summed E-state index contributed by atoms with van der Waals surface area (Å²) in [5, 5.41) is 10.3. The molecule has 2 N–H and O–H groups in total. The highest BCUT2D eigenvalue weighted by atomic mass is 16.4. The number of imide groups is 1. The number of nitrogens with zero attached hydrogens (tertiary/aromatic N) is 1. The van der Waals surface area contributed by atoms with Crippen molar-refractivity contribution in [3.63, 3.8) is 0 Å². The van der Waals surface area contributed by atoms with E-state index in [1.54, 1.807) is 6.20 Å². The van der Waals surface area contributed by atoms with Gasteiger partial charge in [0.2, 0.25) is 11.8 Å². The number of hydrogen-bond donors (Lipinski definition) is 2. The van der Waals surface area contributed by atoms with Crippen molar-refractivity contribution in [1.29, 1.82) is 0 Å². The van der Waals surface area contributed by atoms with Gasteiger partial charge in [-0.15, -0.1) is 0 Å². The van der Waals surface area contributed by atoms with Gasteiger partial charge in [-0.25, -0.2) is 4.79 Å². The van der Waals surface area contributed by atoms with E-state index in [2.05, 4.69) is 4.98 Å². The summed E-state index contributed by atoms with van der Waals surface area (Å²) >= 11 is 0. The molecule has 1 aromatic carbocycles. The van der Waals surface area contributed by atoms with E-state index < -0.39 is 23.8 Å². The van der Waals surface area contributed by atoms with Crippen molar-refractivity contribution in [1.82, 2.24) is 9.88 Å². The average Bonchev–Trinajstić information content (AvgIpc) is 3.01. The number of likely N-dealkylation sites (tertiary alicyclic amines) is 1. The van der Waals surface area contributed by atoms with Crippen LogP contribution >= 0.6 is 0 Å². The van der Waals surface area contributed by atoms with Gasteiger partial charge in [-0.05, 0) is 11.6 Å². The fourth-order valence-electron chi connectivity index (χ4n) is 2.74. The summed E-state index contributed by atoms with van der Waals surface area (Å²) in [4.78, 5) is 39.0. The molecule has 1 aromatic heterocycles. The molecule has 0 unspecified atom stereocenters. The molecule has 0 radical (unpaired) electrons. The van der Waals surface area contributed by atoms with Gasteiger partial charge in [0.1, 0.15) is 6.04 Å². The zero-order valence-electron chi connectivity index (χ0n) is 11.2. The number of para-hydroxylation sites is 1. The number of aromatic amines is 1. The minimum absolute atomic E-state index is 0.0937. The lowest BCUT2D eigenvalue weighted by Crippen LogP contribution is -2.45. The van der Waals surface area contributed by atoms with E-state index in [1.807, 2.05) is 24.3 Å². The maximum Gasteiger partial charge on any atom is 0.327 e. The molecule has 1 aliphatic heterocycles. The van der Waals surface area contributed by atoms with E-state index in [9.17, 15) is 19.5 Å². The molecule has 6 nitrogen and oxygen atoms in total. The number of fused-ring (bicyclic) bond motifs is 1. The summed E-state index contributed by atoms with van der Waals surface area (Å²) in [6.45, 7) is 0. The standard InChI is InChI=1S/C15H14N2O4/c18-13-5-6-14(19)17(13)12(15(20)21)7-9-8-16-11-4-2-1-3-10(9)11/h1-4,8,12,16H,5-7H2,(H,20,21)/t12-/m0/s1. The van der Waals surface area contributed by atoms with Crippen LogP contribution in [0.2, 0.25) is 0 Å². The smallest absolute Gasteiger partial charge is 0.327 e. The number of carbonyl (C=O) groups is 3. The first-order valence-electron chi connectivity index (χ1n) is 6.70. The summed E-state index contributed by atoms with van der Waals surface area (Å²) in [6.07, 6.45) is 2.02. The number of carboxylic acids is 1. The Bertz CT molecular complexity index is 718. The number of rotatable bonds is 4. The molecular formula is C15H14N2O4. The van der Waals surface area contributed by atoms with Gasteiger partial charge in [0.15, 0.2) is 0 Å². The second kappa shape index (κ2) is 5.05. The number of aliphatic carboxylic acids is 1. The van der Waals surface area contributed by atoms with Crippen molar-refractivity contribution < 1.29 is 19.5 Å². The summed E-state index contributed by atoms with van der Waals surface area (Å²) in [5.74, 6) is -1.98. The van der Waals surface area contributed by atoms with Crippen LogP contribution in [-0.4, -0.2) is 38.8 Å². The Hall–Kier alpha value is -2.63. The first kappa shape index (κ1) is 13.4. The van der Waals surface area contributed by atoms with Gasteiger partial charge in [0.05, 0.1) is 0 Å². The van der Waals surface area contributed by atoms with Gasteiger partial charge in [0, 0.05) is 36.4 Å². The maximum absolute atomic E-state index is 11.8. The quantitative estimate of drug-likeness (QED) is 0.829. The second-order valence-electron chi connectivity index (χ2n) is 5.08. The van der Waals surface area contributed by atoms with Crippen LogP contribution in [0.25, 0.3) is 10.9 Å². The minimum atomic E-state index is -1.16. The van der Waals surface area contributed by atoms with Gasteiger partial charge in [-0.1, -0.05) is 18.2 Å². The van der Waals surface area contributed by atoms with Crippen molar-refractivity contribution in [2.45, 2.75) is 25.3 Å². The Labute approximate surface area is 120 Å². The van der Waals surface area contributed by atoms with Crippen molar-refractivity contribution in [3.05, 3.63) is 36.0 Å². The van der Waals surface area contributed by atoms with Gasteiger partial charge in [-0.3, -0.25) is 14.5 Å². The number of hydrogen-bond acceptors (Lipinski definition) is 3. The van der Waals surface area contributed by atoms with Crippen LogP contribution in [0.5, 0.6) is 0 Å². The third kappa shape index (κ3) is 2.29. The maximum atomic E-state index is 11.8. The number of nitrogens with one attached hydrogen (secondary N) is 1. The van der Waals surface area contributed by atoms with Crippen molar-refractivity contribution in [2.24, 2.45) is 0 Å². The predicted molar refractivity (Wildman–Crippen MR) is 74.5 cm³/mol. The molecule has 1 aliphatic rings. The highest BCUT2D eigenvalue weighted by Crippen LogP contribution is 2.23. The highest BCUT2D eigenvalue weighted by Gasteiger charge is 2.39. The molecular weight excluding hydrogens is 272 g/mol. The fourth-order valence-corrected chi connectivity index (χ4v) is 2.74. The molecule has 2 aromatic rings. The Morgan fingerprint density at radius 1 is 1.24 bits per heavy atom. The van der Waals surface area contributed by atoms with Crippen LogP contribution in [0.15, 0.2) is 30.5 Å². The summed E-state index contributed by atoms with van der Waals surface area (Å²) < 4.78 is 0. The Balaban J connectivity index is 1.94. The van der Waals surface area contributed by atoms with Crippen LogP contribution in [0.3, 0.4) is 0 Å². The number of carboxylic acid groups (broad SMARTS) is 1. The predicted octanol–water partition coefficient (Wildman–Crippen LogP) is 1.31. The van der Waals surface area contributed by atoms with Crippen LogP contribution in [0, 0.1) is 0 Å². The number of benzene rings is 1. The normalized spacial score (nSPS) is 16.7. The number of carbonyl (C=O) groups excluding carboxylic acids is 2. The summed E-state index contributed by atoms with van der Waals surface area (Å²) in [7, 11) is 0. The molecule has 0 aliphatic carbocycles. The molecule has 21 heavy (non-hydrogen) atoms. The third-order valence-electron chi connectivity index (χ3n) is 3.78. The first-order valence-corrected chi connectivity index (χ1v) is 6.70. The van der Waals surface area contributed by atoms with E-state index in [4.69, 9.17) is 0 Å². The van der Waals surface area contributed by atoms with E-state index in [1.165, 1.54) is 0 Å². The lowest BCUT2D eigenvalue weighted by atomic mass is 10.0. The molecule has 1 saturated heterocycles. The molecule has 3 rings (SSSR count). The fraction of sp³-hybridized carbons (Fsp3) is 0.267. The van der Waals surface area contributed by atoms with E-state index >= 15 is 0 Å². The lowest BCUT2D eigenvalue weighted by molar-refractivity contribution is -0.154. The largest absolute Gasteiger partial charge is 0.480 e. The molecule has 2 amide bonds. The van der Waals surface area contributed by atoms with Gasteiger partial charge in [-0.2, -0.15) is 0 Å². The number of amides is 2. The second-order valence-corrected chi connectivity index (χ2v) is 5.08. The van der Waals surface area contributed by atoms with E-state index in [0.717, 1.165) is 21.4 Å². The van der Waals surface area contributed by atoms with Gasteiger partial charge < -0.3 is 10.1 Å². The SMILES string of the molecule is O=C(O)[C@H](Cc1c[nH]c2ccccc12)N1C(=O)CCC1=O. The highest BCUT2D eigenvalue weighted by molar-refractivity contribution is 6.05.